The normalized spacial score (nSPS) is 20.6. The zero-order valence-electron chi connectivity index (χ0n) is 14.2. The summed E-state index contributed by atoms with van der Waals surface area (Å²) in [6, 6.07) is 9.42. The number of nitrogens with one attached hydrogen (secondary N) is 1. The van der Waals surface area contributed by atoms with Crippen LogP contribution in [0.25, 0.3) is 21.8 Å². The van der Waals surface area contributed by atoms with Gasteiger partial charge in [-0.3, -0.25) is 0 Å². The van der Waals surface area contributed by atoms with E-state index in [1.807, 2.05) is 24.3 Å². The first-order valence-corrected chi connectivity index (χ1v) is 8.05. The van der Waals surface area contributed by atoms with Gasteiger partial charge in [-0.25, -0.2) is 4.79 Å². The van der Waals surface area contributed by atoms with E-state index in [0.29, 0.717) is 16.8 Å². The number of aromatic amines is 1. The van der Waals surface area contributed by atoms with Gasteiger partial charge < -0.3 is 24.7 Å². The second-order valence-corrected chi connectivity index (χ2v) is 6.89. The predicted octanol–water partition coefficient (Wildman–Crippen LogP) is 2.67. The average Bonchev–Trinajstić information content (AvgIpc) is 2.93. The Morgan fingerprint density at radius 3 is 2.64 bits per heavy atom. The van der Waals surface area contributed by atoms with E-state index in [1.54, 1.807) is 6.07 Å². The van der Waals surface area contributed by atoms with Crippen molar-refractivity contribution < 1.29 is 24.5 Å². The number of ether oxygens (including phenoxy) is 2. The van der Waals surface area contributed by atoms with Gasteiger partial charge in [0, 0.05) is 21.9 Å². The van der Waals surface area contributed by atoms with Crippen molar-refractivity contribution in [2.24, 2.45) is 0 Å². The summed E-state index contributed by atoms with van der Waals surface area (Å²) in [5.74, 6) is -0.194. The van der Waals surface area contributed by atoms with Crippen LogP contribution in [0.2, 0.25) is 0 Å². The molecule has 0 fully saturated rings. The van der Waals surface area contributed by atoms with Crippen LogP contribution < -0.4 is 4.74 Å². The highest BCUT2D eigenvalue weighted by Crippen LogP contribution is 2.44. The number of H-pyrrole nitrogens is 1. The molecule has 0 aliphatic carbocycles. The van der Waals surface area contributed by atoms with Gasteiger partial charge in [0.1, 0.15) is 11.9 Å². The number of benzene rings is 2. The standard InChI is InChI=1S/C19H19NO5/c1-19(2,23)17-15(21)13-11(18(22)25-17)8-10-9-6-4-5-7-12(9)20-14(10)16(13)24-3/h4-8,15,17,20-21,23H,1-3H3/t15-,17-/m0/s1. The van der Waals surface area contributed by atoms with Crippen LogP contribution >= 0.6 is 0 Å². The minimum atomic E-state index is -1.40. The van der Waals surface area contributed by atoms with Crippen molar-refractivity contribution in [2.45, 2.75) is 31.7 Å². The highest BCUT2D eigenvalue weighted by atomic mass is 16.6. The fourth-order valence-corrected chi connectivity index (χ4v) is 3.57. The van der Waals surface area contributed by atoms with Crippen molar-refractivity contribution in [3.8, 4) is 5.75 Å². The summed E-state index contributed by atoms with van der Waals surface area (Å²) in [5.41, 5.74) is 0.797. The Hall–Kier alpha value is -2.57. The molecule has 3 aromatic rings. The molecule has 6 nitrogen and oxygen atoms in total. The first-order chi connectivity index (χ1) is 11.8. The maximum Gasteiger partial charge on any atom is 0.339 e. The minimum absolute atomic E-state index is 0.252. The zero-order chi connectivity index (χ0) is 17.9. The maximum atomic E-state index is 12.5. The molecule has 4 rings (SSSR count). The number of cyclic esters (lactones) is 1. The lowest BCUT2D eigenvalue weighted by atomic mass is 9.86. The van der Waals surface area contributed by atoms with Crippen molar-refractivity contribution >= 4 is 27.8 Å². The quantitative estimate of drug-likeness (QED) is 0.623. The number of methoxy groups -OCH3 is 1. The van der Waals surface area contributed by atoms with Crippen LogP contribution in [-0.4, -0.2) is 40.0 Å². The number of para-hydroxylation sites is 1. The fraction of sp³-hybridized carbons (Fsp3) is 0.316. The zero-order valence-corrected chi connectivity index (χ0v) is 14.2. The lowest BCUT2D eigenvalue weighted by Gasteiger charge is -2.37. The van der Waals surface area contributed by atoms with Gasteiger partial charge in [0.05, 0.1) is 23.8 Å². The smallest absolute Gasteiger partial charge is 0.339 e. The van der Waals surface area contributed by atoms with Crippen LogP contribution in [0.4, 0.5) is 0 Å². The number of carbonyl (C=O) groups is 1. The van der Waals surface area contributed by atoms with E-state index in [4.69, 9.17) is 9.47 Å². The molecule has 1 aliphatic heterocycles. The Bertz CT molecular complexity index is 998. The summed E-state index contributed by atoms with van der Waals surface area (Å²) in [6.45, 7) is 2.99. The van der Waals surface area contributed by atoms with Gasteiger partial charge in [-0.15, -0.1) is 0 Å². The minimum Gasteiger partial charge on any atom is -0.494 e. The number of aromatic nitrogens is 1. The van der Waals surface area contributed by atoms with Crippen LogP contribution in [0.1, 0.15) is 35.9 Å². The summed E-state index contributed by atoms with van der Waals surface area (Å²) in [6.07, 6.45) is -2.28. The number of carbonyl (C=O) groups excluding carboxylic acids is 1. The Kier molecular flexibility index (Phi) is 3.32. The van der Waals surface area contributed by atoms with Gasteiger partial charge in [0.15, 0.2) is 6.10 Å². The van der Waals surface area contributed by atoms with E-state index in [-0.39, 0.29) is 5.56 Å². The van der Waals surface area contributed by atoms with Crippen LogP contribution in [0.3, 0.4) is 0 Å². The summed E-state index contributed by atoms with van der Waals surface area (Å²) >= 11 is 0. The van der Waals surface area contributed by atoms with Gasteiger partial charge in [-0.2, -0.15) is 0 Å². The molecule has 0 saturated carbocycles. The van der Waals surface area contributed by atoms with E-state index < -0.39 is 23.8 Å². The highest BCUT2D eigenvalue weighted by molar-refractivity contribution is 6.12. The molecule has 1 aromatic heterocycles. The molecule has 2 aromatic carbocycles. The fourth-order valence-electron chi connectivity index (χ4n) is 3.57. The Morgan fingerprint density at radius 2 is 1.96 bits per heavy atom. The number of hydrogen-bond donors (Lipinski definition) is 3. The van der Waals surface area contributed by atoms with Crippen molar-refractivity contribution in [3.63, 3.8) is 0 Å². The first-order valence-electron chi connectivity index (χ1n) is 8.05. The molecule has 25 heavy (non-hydrogen) atoms. The molecule has 1 aliphatic rings. The summed E-state index contributed by atoms with van der Waals surface area (Å²) < 4.78 is 10.9. The summed E-state index contributed by atoms with van der Waals surface area (Å²) in [4.78, 5) is 15.8. The number of rotatable bonds is 2. The Balaban J connectivity index is 2.07. The number of fused-ring (bicyclic) bond motifs is 4. The predicted molar refractivity (Wildman–Crippen MR) is 92.8 cm³/mol. The molecule has 6 heteroatoms. The van der Waals surface area contributed by atoms with Crippen LogP contribution in [0.5, 0.6) is 5.75 Å². The third-order valence-corrected chi connectivity index (χ3v) is 4.73. The molecule has 2 atom stereocenters. The van der Waals surface area contributed by atoms with E-state index >= 15 is 0 Å². The molecular formula is C19H19NO5. The largest absolute Gasteiger partial charge is 0.494 e. The number of hydrogen-bond acceptors (Lipinski definition) is 5. The van der Waals surface area contributed by atoms with Gasteiger partial charge in [-0.1, -0.05) is 18.2 Å². The third-order valence-electron chi connectivity index (χ3n) is 4.73. The molecular weight excluding hydrogens is 322 g/mol. The highest BCUT2D eigenvalue weighted by Gasteiger charge is 2.45. The SMILES string of the molecule is COc1c2c(cc3c1[nH]c1ccccc13)C(=O)O[C@H](C(C)(C)O)[C@H]2O. The first kappa shape index (κ1) is 15.9. The monoisotopic (exact) mass is 341 g/mol. The van der Waals surface area contributed by atoms with E-state index in [2.05, 4.69) is 4.98 Å². The Labute approximate surface area is 144 Å². The lowest BCUT2D eigenvalue weighted by molar-refractivity contribution is -0.121. The number of aliphatic hydroxyl groups excluding tert-OH is 1. The molecule has 130 valence electrons. The Morgan fingerprint density at radius 1 is 1.24 bits per heavy atom. The molecule has 0 radical (unpaired) electrons. The van der Waals surface area contributed by atoms with E-state index in [1.165, 1.54) is 21.0 Å². The second-order valence-electron chi connectivity index (χ2n) is 6.89. The summed E-state index contributed by atoms with van der Waals surface area (Å²) in [5, 5.41) is 22.8. The van der Waals surface area contributed by atoms with Crippen molar-refractivity contribution in [2.75, 3.05) is 7.11 Å². The van der Waals surface area contributed by atoms with E-state index in [0.717, 1.165) is 16.3 Å². The van der Waals surface area contributed by atoms with Crippen molar-refractivity contribution in [1.82, 2.24) is 4.98 Å². The second kappa shape index (κ2) is 5.21. The van der Waals surface area contributed by atoms with Crippen LogP contribution in [0, 0.1) is 0 Å². The van der Waals surface area contributed by atoms with Crippen LogP contribution in [-0.2, 0) is 4.74 Å². The van der Waals surface area contributed by atoms with Gasteiger partial charge in [-0.05, 0) is 26.0 Å². The molecule has 2 heterocycles. The molecule has 0 unspecified atom stereocenters. The topological polar surface area (TPSA) is 91.8 Å². The molecule has 0 bridgehead atoms. The van der Waals surface area contributed by atoms with E-state index in [9.17, 15) is 15.0 Å². The van der Waals surface area contributed by atoms with Gasteiger partial charge >= 0.3 is 5.97 Å². The van der Waals surface area contributed by atoms with Gasteiger partial charge in [0.2, 0.25) is 0 Å². The van der Waals surface area contributed by atoms with Crippen molar-refractivity contribution in [3.05, 3.63) is 41.5 Å². The molecule has 0 amide bonds. The number of aliphatic hydroxyl groups is 2. The molecule has 0 spiro atoms. The van der Waals surface area contributed by atoms with Gasteiger partial charge in [0.25, 0.3) is 0 Å². The average molecular weight is 341 g/mol. The van der Waals surface area contributed by atoms with Crippen LogP contribution in [0.15, 0.2) is 30.3 Å². The maximum absolute atomic E-state index is 12.5. The lowest BCUT2D eigenvalue weighted by Crippen LogP contribution is -2.47. The molecule has 3 N–H and O–H groups in total. The number of esters is 1. The molecule has 0 saturated heterocycles. The van der Waals surface area contributed by atoms with Crippen molar-refractivity contribution in [1.29, 1.82) is 0 Å². The third kappa shape index (κ3) is 2.22. The summed E-state index contributed by atoms with van der Waals surface area (Å²) in [7, 11) is 1.49.